The van der Waals surface area contributed by atoms with Crippen LogP contribution in [0.5, 0.6) is 0 Å². The van der Waals surface area contributed by atoms with E-state index in [1.165, 1.54) is 35.1 Å². The maximum Gasteiger partial charge on any atom is 0.129 e. The minimum atomic E-state index is 1.05. The molecule has 24 heavy (non-hydrogen) atoms. The Bertz CT molecular complexity index is 816. The topological polar surface area (TPSA) is 16.1 Å². The third kappa shape index (κ3) is 3.05. The normalized spacial score (nSPS) is 14.1. The van der Waals surface area contributed by atoms with Gasteiger partial charge >= 0.3 is 0 Å². The first kappa shape index (κ1) is 14.9. The number of aryl methyl sites for hydroxylation is 1. The Morgan fingerprint density at radius 3 is 2.17 bits per heavy atom. The molecule has 2 aromatic carbocycles. The van der Waals surface area contributed by atoms with Crippen LogP contribution < -0.4 is 4.90 Å². The predicted octanol–water partition coefficient (Wildman–Crippen LogP) is 5.32. The summed E-state index contributed by atoms with van der Waals surface area (Å²) in [6, 6.07) is 23.7. The van der Waals surface area contributed by atoms with Gasteiger partial charge in [0.1, 0.15) is 5.82 Å². The molecule has 0 N–H and O–H groups in total. The zero-order chi connectivity index (χ0) is 16.4. The van der Waals surface area contributed by atoms with Gasteiger partial charge in [-0.25, -0.2) is 4.98 Å². The summed E-state index contributed by atoms with van der Waals surface area (Å²) >= 11 is 0. The second-order valence-electron chi connectivity index (χ2n) is 6.53. The fourth-order valence-corrected chi connectivity index (χ4v) is 3.29. The van der Waals surface area contributed by atoms with Gasteiger partial charge in [0.15, 0.2) is 0 Å². The molecule has 1 aliphatic heterocycles. The Kier molecular flexibility index (Phi) is 4.04. The van der Waals surface area contributed by atoms with Gasteiger partial charge in [0.25, 0.3) is 0 Å². The van der Waals surface area contributed by atoms with E-state index < -0.39 is 0 Å². The average molecular weight is 314 g/mol. The van der Waals surface area contributed by atoms with Crippen LogP contribution in [0.3, 0.4) is 0 Å². The van der Waals surface area contributed by atoms with Crippen molar-refractivity contribution in [3.63, 3.8) is 0 Å². The van der Waals surface area contributed by atoms with E-state index in [2.05, 4.69) is 78.6 Å². The Morgan fingerprint density at radius 1 is 0.750 bits per heavy atom. The first-order valence-electron chi connectivity index (χ1n) is 8.69. The van der Waals surface area contributed by atoms with Gasteiger partial charge in [-0.2, -0.15) is 0 Å². The third-order valence-electron chi connectivity index (χ3n) is 4.70. The van der Waals surface area contributed by atoms with E-state index in [1.54, 1.807) is 0 Å². The summed E-state index contributed by atoms with van der Waals surface area (Å²) in [7, 11) is 0. The zero-order valence-corrected chi connectivity index (χ0v) is 14.1. The molecule has 2 nitrogen and oxygen atoms in total. The third-order valence-corrected chi connectivity index (χ3v) is 4.70. The van der Waals surface area contributed by atoms with Crippen LogP contribution in [-0.4, -0.2) is 18.1 Å². The summed E-state index contributed by atoms with van der Waals surface area (Å²) in [5.74, 6) is 1.10. The maximum absolute atomic E-state index is 4.97. The lowest BCUT2D eigenvalue weighted by Gasteiger charge is -2.19. The van der Waals surface area contributed by atoms with Gasteiger partial charge in [0, 0.05) is 18.7 Å². The monoisotopic (exact) mass is 314 g/mol. The van der Waals surface area contributed by atoms with Crippen LogP contribution in [0.15, 0.2) is 66.7 Å². The van der Waals surface area contributed by atoms with E-state index in [4.69, 9.17) is 4.98 Å². The van der Waals surface area contributed by atoms with E-state index in [-0.39, 0.29) is 0 Å². The molecular formula is C22H22N2. The average Bonchev–Trinajstić information content (AvgIpc) is 3.17. The first-order valence-corrected chi connectivity index (χ1v) is 8.69. The number of rotatable bonds is 3. The standard InChI is InChI=1S/C22H22N2/c1-17-9-11-19(12-10-17)21-15-20(18-7-3-2-4-8-18)16-22(23-21)24-13-5-6-14-24/h2-4,7-12,15-16H,5-6,13-14H2,1H3. The number of pyridine rings is 1. The van der Waals surface area contributed by atoms with Gasteiger partial charge in [-0.3, -0.25) is 0 Å². The van der Waals surface area contributed by atoms with Crippen molar-refractivity contribution in [3.05, 3.63) is 72.3 Å². The highest BCUT2D eigenvalue weighted by Crippen LogP contribution is 2.30. The van der Waals surface area contributed by atoms with Crippen molar-refractivity contribution in [2.24, 2.45) is 0 Å². The van der Waals surface area contributed by atoms with Crippen LogP contribution >= 0.6 is 0 Å². The fourth-order valence-electron chi connectivity index (χ4n) is 3.29. The molecule has 1 saturated heterocycles. The molecular weight excluding hydrogens is 292 g/mol. The molecule has 0 saturated carbocycles. The second kappa shape index (κ2) is 6.48. The molecule has 1 aromatic heterocycles. The first-order chi connectivity index (χ1) is 11.8. The Morgan fingerprint density at radius 2 is 1.46 bits per heavy atom. The molecule has 1 aliphatic rings. The largest absolute Gasteiger partial charge is 0.357 e. The molecule has 0 atom stereocenters. The van der Waals surface area contributed by atoms with Crippen LogP contribution in [0.1, 0.15) is 18.4 Å². The summed E-state index contributed by atoms with van der Waals surface area (Å²) in [5, 5.41) is 0. The molecule has 1 fully saturated rings. The van der Waals surface area contributed by atoms with Crippen LogP contribution in [0.4, 0.5) is 5.82 Å². The molecule has 2 heteroatoms. The fraction of sp³-hybridized carbons (Fsp3) is 0.227. The lowest BCUT2D eigenvalue weighted by Crippen LogP contribution is -2.19. The second-order valence-corrected chi connectivity index (χ2v) is 6.53. The van der Waals surface area contributed by atoms with Crippen molar-refractivity contribution in [2.75, 3.05) is 18.0 Å². The quantitative estimate of drug-likeness (QED) is 0.650. The van der Waals surface area contributed by atoms with Crippen molar-refractivity contribution >= 4 is 5.82 Å². The minimum absolute atomic E-state index is 1.05. The summed E-state index contributed by atoms with van der Waals surface area (Å²) in [6.45, 7) is 4.34. The smallest absolute Gasteiger partial charge is 0.129 e. The van der Waals surface area contributed by atoms with Crippen LogP contribution in [-0.2, 0) is 0 Å². The molecule has 0 radical (unpaired) electrons. The highest BCUT2D eigenvalue weighted by molar-refractivity contribution is 5.74. The van der Waals surface area contributed by atoms with Crippen LogP contribution in [0, 0.1) is 6.92 Å². The van der Waals surface area contributed by atoms with E-state index in [0.29, 0.717) is 0 Å². The van der Waals surface area contributed by atoms with Crippen molar-refractivity contribution in [2.45, 2.75) is 19.8 Å². The summed E-state index contributed by atoms with van der Waals surface area (Å²) in [4.78, 5) is 7.37. The summed E-state index contributed by atoms with van der Waals surface area (Å²) in [5.41, 5.74) is 5.99. The molecule has 3 aromatic rings. The lowest BCUT2D eigenvalue weighted by molar-refractivity contribution is 0.939. The Labute approximate surface area is 143 Å². The Balaban J connectivity index is 1.83. The van der Waals surface area contributed by atoms with Crippen LogP contribution in [0.25, 0.3) is 22.4 Å². The molecule has 0 bridgehead atoms. The van der Waals surface area contributed by atoms with Crippen LogP contribution in [0.2, 0.25) is 0 Å². The molecule has 0 spiro atoms. The molecule has 2 heterocycles. The number of nitrogens with zero attached hydrogens (tertiary/aromatic N) is 2. The Hall–Kier alpha value is -2.61. The molecule has 0 amide bonds. The number of hydrogen-bond acceptors (Lipinski definition) is 2. The van der Waals surface area contributed by atoms with E-state index in [1.807, 2.05) is 0 Å². The van der Waals surface area contributed by atoms with Gasteiger partial charge in [0.05, 0.1) is 5.69 Å². The molecule has 0 aliphatic carbocycles. The maximum atomic E-state index is 4.97. The highest BCUT2D eigenvalue weighted by Gasteiger charge is 2.16. The van der Waals surface area contributed by atoms with Crippen molar-refractivity contribution in [3.8, 4) is 22.4 Å². The highest BCUT2D eigenvalue weighted by atomic mass is 15.2. The molecule has 4 rings (SSSR count). The van der Waals surface area contributed by atoms with Gasteiger partial charge in [-0.1, -0.05) is 60.2 Å². The van der Waals surface area contributed by atoms with Gasteiger partial charge < -0.3 is 4.90 Å². The van der Waals surface area contributed by atoms with Gasteiger partial charge in [0.2, 0.25) is 0 Å². The predicted molar refractivity (Wildman–Crippen MR) is 101 cm³/mol. The van der Waals surface area contributed by atoms with Gasteiger partial charge in [-0.05, 0) is 43.0 Å². The van der Waals surface area contributed by atoms with Gasteiger partial charge in [-0.15, -0.1) is 0 Å². The number of hydrogen-bond donors (Lipinski definition) is 0. The molecule has 0 unspecified atom stereocenters. The van der Waals surface area contributed by atoms with E-state index in [9.17, 15) is 0 Å². The number of anilines is 1. The SMILES string of the molecule is Cc1ccc(-c2cc(-c3ccccc3)cc(N3CCCC3)n2)cc1. The van der Waals surface area contributed by atoms with Crippen molar-refractivity contribution in [1.29, 1.82) is 0 Å². The number of benzene rings is 2. The van der Waals surface area contributed by atoms with Crippen molar-refractivity contribution in [1.82, 2.24) is 4.98 Å². The number of aromatic nitrogens is 1. The summed E-state index contributed by atoms with van der Waals surface area (Å²) in [6.07, 6.45) is 2.52. The van der Waals surface area contributed by atoms with E-state index >= 15 is 0 Å². The van der Waals surface area contributed by atoms with Crippen molar-refractivity contribution < 1.29 is 0 Å². The minimum Gasteiger partial charge on any atom is -0.357 e. The zero-order valence-electron chi connectivity index (χ0n) is 14.1. The lowest BCUT2D eigenvalue weighted by atomic mass is 10.0. The molecule has 120 valence electrons. The summed E-state index contributed by atoms with van der Waals surface area (Å²) < 4.78 is 0. The van der Waals surface area contributed by atoms with E-state index in [0.717, 1.165) is 24.6 Å².